The first-order valence-electron chi connectivity index (χ1n) is 2.56. The number of nitrogens with zero attached hydrogens (tertiary/aromatic N) is 1. The van der Waals surface area contributed by atoms with Gasteiger partial charge in [-0.2, -0.15) is 8.42 Å². The maximum Gasteiger partial charge on any atom is 1.00 e. The molecule has 1 aromatic rings. The molecule has 0 aromatic carbocycles. The largest absolute Gasteiger partial charge is 1.00 e. The van der Waals surface area contributed by atoms with Crippen LogP contribution in [-0.2, 0) is 15.9 Å². The van der Waals surface area contributed by atoms with Gasteiger partial charge in [0.2, 0.25) is 4.77 Å². The number of aromatic nitrogens is 3. The Labute approximate surface area is 95.8 Å². The van der Waals surface area contributed by atoms with Gasteiger partial charge < -0.3 is 0 Å². The van der Waals surface area contributed by atoms with E-state index in [4.69, 9.17) is 4.55 Å². The van der Waals surface area contributed by atoms with Crippen molar-refractivity contribution in [2.45, 2.75) is 5.75 Å². The molecule has 1 rings (SSSR count). The van der Waals surface area contributed by atoms with E-state index in [2.05, 4.69) is 27.4 Å². The first kappa shape index (κ1) is 12.3. The quantitative estimate of drug-likeness (QED) is 0.277. The van der Waals surface area contributed by atoms with Gasteiger partial charge in [-0.1, -0.05) is 0 Å². The molecule has 3 N–H and O–H groups in total. The zero-order valence-electron chi connectivity index (χ0n) is 6.23. The van der Waals surface area contributed by atoms with Crippen molar-refractivity contribution < 1.29 is 42.5 Å². The SMILES string of the molecule is O=S(=O)(O)Cc1nc(=S)[nH][nH]1.[Na+]. The Balaban J connectivity index is 0.00000121. The second-order valence-electron chi connectivity index (χ2n) is 1.84. The molecular weight excluding hydrogens is 213 g/mol. The van der Waals surface area contributed by atoms with Crippen molar-refractivity contribution in [1.29, 1.82) is 0 Å². The van der Waals surface area contributed by atoms with Gasteiger partial charge in [0.05, 0.1) is 0 Å². The molecule has 1 aromatic heterocycles. The van der Waals surface area contributed by atoms with Crippen molar-refractivity contribution in [2.75, 3.05) is 0 Å². The molecule has 0 saturated carbocycles. The Morgan fingerprint density at radius 2 is 2.08 bits per heavy atom. The summed E-state index contributed by atoms with van der Waals surface area (Å²) in [7, 11) is -4.02. The summed E-state index contributed by atoms with van der Waals surface area (Å²) in [5, 5.41) is 4.78. The van der Waals surface area contributed by atoms with E-state index < -0.39 is 15.9 Å². The molecule has 0 atom stereocenters. The number of rotatable bonds is 2. The van der Waals surface area contributed by atoms with E-state index >= 15 is 0 Å². The average molecular weight is 218 g/mol. The van der Waals surface area contributed by atoms with Crippen LogP contribution in [0.5, 0.6) is 0 Å². The van der Waals surface area contributed by atoms with Gasteiger partial charge in [0.25, 0.3) is 10.1 Å². The fraction of sp³-hybridized carbons (Fsp3) is 0.333. The van der Waals surface area contributed by atoms with Crippen molar-refractivity contribution in [3.05, 3.63) is 10.6 Å². The van der Waals surface area contributed by atoms with Crippen LogP contribution in [-0.4, -0.2) is 28.2 Å². The summed E-state index contributed by atoms with van der Waals surface area (Å²) in [5.41, 5.74) is 0. The molecule has 0 fully saturated rings. The van der Waals surface area contributed by atoms with Crippen LogP contribution in [0.1, 0.15) is 5.82 Å². The monoisotopic (exact) mass is 218 g/mol. The number of aromatic amines is 2. The van der Waals surface area contributed by atoms with E-state index in [1.807, 2.05) is 0 Å². The number of hydrogen-bond acceptors (Lipinski definition) is 4. The van der Waals surface area contributed by atoms with Crippen molar-refractivity contribution >= 4 is 22.3 Å². The Bertz CT molecular complexity index is 393. The molecule has 1 heterocycles. The summed E-state index contributed by atoms with van der Waals surface area (Å²) < 4.78 is 29.0. The zero-order chi connectivity index (χ0) is 8.48. The molecule has 0 bridgehead atoms. The molecule has 62 valence electrons. The Morgan fingerprint density at radius 1 is 1.50 bits per heavy atom. The number of nitrogens with one attached hydrogen (secondary N) is 2. The average Bonchev–Trinajstić information content (AvgIpc) is 2.10. The first-order valence-corrected chi connectivity index (χ1v) is 4.58. The first-order chi connectivity index (χ1) is 4.97. The van der Waals surface area contributed by atoms with Crippen LogP contribution >= 0.6 is 12.2 Å². The van der Waals surface area contributed by atoms with Gasteiger partial charge >= 0.3 is 29.6 Å². The van der Waals surface area contributed by atoms with E-state index in [9.17, 15) is 8.42 Å². The van der Waals surface area contributed by atoms with E-state index in [0.29, 0.717) is 0 Å². The standard InChI is InChI=1S/C3H5N3O3S2.Na/c7-11(8,9)1-2-4-3(10)6-5-2;/h1H2,(H,7,8,9)(H2,4,5,6,10);/q;+1. The zero-order valence-corrected chi connectivity index (χ0v) is 9.87. The second-order valence-corrected chi connectivity index (χ2v) is 3.68. The fourth-order valence-electron chi connectivity index (χ4n) is 0.545. The summed E-state index contributed by atoms with van der Waals surface area (Å²) in [5.74, 6) is -0.461. The van der Waals surface area contributed by atoms with Crippen LogP contribution in [0.25, 0.3) is 0 Å². The minimum absolute atomic E-state index is 0. The summed E-state index contributed by atoms with van der Waals surface area (Å²) >= 11 is 4.55. The van der Waals surface area contributed by atoms with Gasteiger partial charge in [0, 0.05) is 0 Å². The molecule has 0 aliphatic carbocycles. The van der Waals surface area contributed by atoms with Gasteiger partial charge in [0.15, 0.2) is 0 Å². The molecule has 6 nitrogen and oxygen atoms in total. The third-order valence-corrected chi connectivity index (χ3v) is 1.70. The minimum Gasteiger partial charge on any atom is -0.285 e. The van der Waals surface area contributed by atoms with Crippen LogP contribution in [0, 0.1) is 4.77 Å². The molecule has 0 aliphatic heterocycles. The summed E-state index contributed by atoms with van der Waals surface area (Å²) in [6.07, 6.45) is 0. The van der Waals surface area contributed by atoms with Crippen molar-refractivity contribution in [1.82, 2.24) is 15.2 Å². The molecule has 0 saturated heterocycles. The predicted octanol–water partition coefficient (Wildman–Crippen LogP) is -3.14. The summed E-state index contributed by atoms with van der Waals surface area (Å²) in [6.45, 7) is 0. The maximum absolute atomic E-state index is 10.3. The van der Waals surface area contributed by atoms with Gasteiger partial charge in [-0.3, -0.25) is 14.8 Å². The molecular formula is C3H5N3NaO3S2+. The van der Waals surface area contributed by atoms with E-state index in [-0.39, 0.29) is 40.2 Å². The van der Waals surface area contributed by atoms with Crippen LogP contribution < -0.4 is 29.6 Å². The second kappa shape index (κ2) is 4.49. The predicted molar refractivity (Wildman–Crippen MR) is 39.0 cm³/mol. The van der Waals surface area contributed by atoms with Gasteiger partial charge in [0.1, 0.15) is 11.6 Å². The topological polar surface area (TPSA) is 98.8 Å². The molecule has 0 aliphatic rings. The van der Waals surface area contributed by atoms with E-state index in [1.54, 1.807) is 0 Å². The van der Waals surface area contributed by atoms with Crippen molar-refractivity contribution in [3.8, 4) is 0 Å². The van der Waals surface area contributed by atoms with E-state index in [0.717, 1.165) is 0 Å². The Kier molecular flexibility index (Phi) is 4.59. The molecule has 12 heavy (non-hydrogen) atoms. The molecule has 0 spiro atoms. The molecule has 0 unspecified atom stereocenters. The van der Waals surface area contributed by atoms with Crippen LogP contribution in [0.4, 0.5) is 0 Å². The van der Waals surface area contributed by atoms with Crippen molar-refractivity contribution in [2.24, 2.45) is 0 Å². The van der Waals surface area contributed by atoms with Crippen LogP contribution in [0.3, 0.4) is 0 Å². The molecule has 0 radical (unpaired) electrons. The van der Waals surface area contributed by atoms with E-state index in [1.165, 1.54) is 0 Å². The Morgan fingerprint density at radius 3 is 2.42 bits per heavy atom. The Hall–Kier alpha value is 0.270. The third kappa shape index (κ3) is 4.33. The molecule has 0 amide bonds. The van der Waals surface area contributed by atoms with Crippen LogP contribution in [0.2, 0.25) is 0 Å². The van der Waals surface area contributed by atoms with Crippen molar-refractivity contribution in [3.63, 3.8) is 0 Å². The summed E-state index contributed by atoms with van der Waals surface area (Å²) in [6, 6.07) is 0. The normalized spacial score (nSPS) is 10.8. The maximum atomic E-state index is 10.3. The summed E-state index contributed by atoms with van der Waals surface area (Å²) in [4.78, 5) is 3.56. The van der Waals surface area contributed by atoms with Gasteiger partial charge in [-0.25, -0.2) is 4.98 Å². The van der Waals surface area contributed by atoms with Gasteiger partial charge in [-0.05, 0) is 12.2 Å². The molecule has 9 heteroatoms. The number of H-pyrrole nitrogens is 2. The number of hydrogen-bond donors (Lipinski definition) is 3. The van der Waals surface area contributed by atoms with Crippen LogP contribution in [0.15, 0.2) is 0 Å². The third-order valence-electron chi connectivity index (χ3n) is 0.869. The fourth-order valence-corrected chi connectivity index (χ4v) is 1.19. The smallest absolute Gasteiger partial charge is 0.285 e. The van der Waals surface area contributed by atoms with Gasteiger partial charge in [-0.15, -0.1) is 0 Å². The minimum atomic E-state index is -4.02.